The maximum absolute atomic E-state index is 2.45. The fourth-order valence-corrected chi connectivity index (χ4v) is 3.30. The maximum Gasteiger partial charge on any atom is 0.0237 e. The van der Waals surface area contributed by atoms with Crippen LogP contribution in [0.5, 0.6) is 0 Å². The highest BCUT2D eigenvalue weighted by molar-refractivity contribution is 8.00. The van der Waals surface area contributed by atoms with Gasteiger partial charge in [-0.2, -0.15) is 0 Å². The SMILES string of the molecule is CC1CC(Sc2ccccc2)CN1C. The van der Waals surface area contributed by atoms with E-state index in [2.05, 4.69) is 49.2 Å². The largest absolute Gasteiger partial charge is 0.303 e. The summed E-state index contributed by atoms with van der Waals surface area (Å²) < 4.78 is 0. The van der Waals surface area contributed by atoms with Gasteiger partial charge < -0.3 is 4.90 Å². The fourth-order valence-electron chi connectivity index (χ4n) is 1.91. The second-order valence-corrected chi connectivity index (χ2v) is 5.45. The van der Waals surface area contributed by atoms with E-state index in [1.54, 1.807) is 0 Å². The zero-order valence-corrected chi connectivity index (χ0v) is 9.63. The van der Waals surface area contributed by atoms with Gasteiger partial charge in [0.25, 0.3) is 0 Å². The van der Waals surface area contributed by atoms with Crippen LogP contribution in [0.4, 0.5) is 0 Å². The quantitative estimate of drug-likeness (QED) is 0.733. The van der Waals surface area contributed by atoms with Crippen LogP contribution in [0.1, 0.15) is 13.3 Å². The first-order chi connectivity index (χ1) is 6.75. The molecule has 14 heavy (non-hydrogen) atoms. The highest BCUT2D eigenvalue weighted by Gasteiger charge is 2.26. The minimum absolute atomic E-state index is 0.746. The second-order valence-electron chi connectivity index (χ2n) is 4.08. The average molecular weight is 207 g/mol. The van der Waals surface area contributed by atoms with Crippen LogP contribution in [0.25, 0.3) is 0 Å². The zero-order chi connectivity index (χ0) is 9.97. The predicted octanol–water partition coefficient (Wildman–Crippen LogP) is 2.87. The Balaban J connectivity index is 1.94. The van der Waals surface area contributed by atoms with Gasteiger partial charge in [-0.3, -0.25) is 0 Å². The predicted molar refractivity (Wildman–Crippen MR) is 62.8 cm³/mol. The van der Waals surface area contributed by atoms with Crippen molar-refractivity contribution in [2.45, 2.75) is 29.5 Å². The van der Waals surface area contributed by atoms with E-state index in [-0.39, 0.29) is 0 Å². The van der Waals surface area contributed by atoms with Crippen molar-refractivity contribution >= 4 is 11.8 Å². The Hall–Kier alpha value is -0.470. The van der Waals surface area contributed by atoms with Crippen LogP contribution >= 0.6 is 11.8 Å². The van der Waals surface area contributed by atoms with E-state index < -0.39 is 0 Å². The molecule has 2 atom stereocenters. The van der Waals surface area contributed by atoms with Crippen molar-refractivity contribution in [2.75, 3.05) is 13.6 Å². The van der Waals surface area contributed by atoms with Gasteiger partial charge in [0.05, 0.1) is 0 Å². The number of rotatable bonds is 2. The Bertz CT molecular complexity index is 276. The number of benzene rings is 1. The van der Waals surface area contributed by atoms with Crippen molar-refractivity contribution < 1.29 is 0 Å². The van der Waals surface area contributed by atoms with Crippen LogP contribution in [-0.4, -0.2) is 29.8 Å². The van der Waals surface area contributed by atoms with Crippen molar-refractivity contribution in [1.82, 2.24) is 4.90 Å². The molecular weight excluding hydrogens is 190 g/mol. The topological polar surface area (TPSA) is 3.24 Å². The Labute approximate surface area is 90.5 Å². The molecule has 2 rings (SSSR count). The van der Waals surface area contributed by atoms with E-state index in [1.165, 1.54) is 17.9 Å². The van der Waals surface area contributed by atoms with Gasteiger partial charge in [-0.05, 0) is 32.5 Å². The number of thioether (sulfide) groups is 1. The summed E-state index contributed by atoms with van der Waals surface area (Å²) in [6.07, 6.45) is 1.32. The molecule has 1 aliphatic rings. The molecule has 0 spiro atoms. The summed E-state index contributed by atoms with van der Waals surface area (Å²) in [4.78, 5) is 3.85. The third-order valence-corrected chi connectivity index (χ3v) is 4.11. The van der Waals surface area contributed by atoms with Crippen molar-refractivity contribution in [1.29, 1.82) is 0 Å². The number of hydrogen-bond acceptors (Lipinski definition) is 2. The van der Waals surface area contributed by atoms with Gasteiger partial charge in [-0.15, -0.1) is 11.8 Å². The highest BCUT2D eigenvalue weighted by atomic mass is 32.2. The van der Waals surface area contributed by atoms with Crippen molar-refractivity contribution in [3.05, 3.63) is 30.3 Å². The van der Waals surface area contributed by atoms with Crippen molar-refractivity contribution in [3.8, 4) is 0 Å². The van der Waals surface area contributed by atoms with E-state index in [1.807, 2.05) is 11.8 Å². The van der Waals surface area contributed by atoms with E-state index >= 15 is 0 Å². The molecule has 0 saturated carbocycles. The van der Waals surface area contributed by atoms with Crippen molar-refractivity contribution in [3.63, 3.8) is 0 Å². The lowest BCUT2D eigenvalue weighted by Gasteiger charge is -2.12. The summed E-state index contributed by atoms with van der Waals surface area (Å²) in [6.45, 7) is 3.53. The molecule has 1 heterocycles. The van der Waals surface area contributed by atoms with E-state index in [9.17, 15) is 0 Å². The molecule has 1 aromatic rings. The Morgan fingerprint density at radius 1 is 1.29 bits per heavy atom. The van der Waals surface area contributed by atoms with Crippen LogP contribution in [-0.2, 0) is 0 Å². The Morgan fingerprint density at radius 2 is 2.00 bits per heavy atom. The van der Waals surface area contributed by atoms with Gasteiger partial charge in [0.2, 0.25) is 0 Å². The molecule has 0 bridgehead atoms. The number of likely N-dealkylation sites (tertiary alicyclic amines) is 1. The summed E-state index contributed by atoms with van der Waals surface area (Å²) in [6, 6.07) is 11.5. The molecule has 1 saturated heterocycles. The van der Waals surface area contributed by atoms with Crippen LogP contribution in [0, 0.1) is 0 Å². The maximum atomic E-state index is 2.45. The van der Waals surface area contributed by atoms with Crippen LogP contribution < -0.4 is 0 Å². The molecule has 2 unspecified atom stereocenters. The first kappa shape index (κ1) is 10.1. The highest BCUT2D eigenvalue weighted by Crippen LogP contribution is 2.31. The van der Waals surface area contributed by atoms with E-state index in [0.717, 1.165) is 11.3 Å². The summed E-state index contributed by atoms with van der Waals surface area (Å²) in [7, 11) is 2.22. The van der Waals surface area contributed by atoms with Crippen molar-refractivity contribution in [2.24, 2.45) is 0 Å². The average Bonchev–Trinajstić information content (AvgIpc) is 2.47. The first-order valence-corrected chi connectivity index (χ1v) is 6.05. The van der Waals surface area contributed by atoms with Gasteiger partial charge in [-0.25, -0.2) is 0 Å². The fraction of sp³-hybridized carbons (Fsp3) is 0.500. The van der Waals surface area contributed by atoms with E-state index in [0.29, 0.717) is 0 Å². The molecule has 76 valence electrons. The van der Waals surface area contributed by atoms with Gasteiger partial charge in [-0.1, -0.05) is 18.2 Å². The minimum Gasteiger partial charge on any atom is -0.303 e. The molecule has 1 aliphatic heterocycles. The van der Waals surface area contributed by atoms with Gasteiger partial charge in [0, 0.05) is 22.7 Å². The van der Waals surface area contributed by atoms with Gasteiger partial charge in [0.1, 0.15) is 0 Å². The van der Waals surface area contributed by atoms with Crippen LogP contribution in [0.2, 0.25) is 0 Å². The lowest BCUT2D eigenvalue weighted by molar-refractivity contribution is 0.331. The third-order valence-electron chi connectivity index (χ3n) is 2.89. The molecule has 0 N–H and O–H groups in total. The molecule has 0 aliphatic carbocycles. The summed E-state index contributed by atoms with van der Waals surface area (Å²) in [5.41, 5.74) is 0. The summed E-state index contributed by atoms with van der Waals surface area (Å²) in [5, 5.41) is 0.775. The smallest absolute Gasteiger partial charge is 0.0237 e. The molecular formula is C12H17NS. The van der Waals surface area contributed by atoms with Crippen LogP contribution in [0.3, 0.4) is 0 Å². The van der Waals surface area contributed by atoms with E-state index in [4.69, 9.17) is 0 Å². The first-order valence-electron chi connectivity index (χ1n) is 5.17. The molecule has 1 aromatic carbocycles. The van der Waals surface area contributed by atoms with Gasteiger partial charge in [0.15, 0.2) is 0 Å². The molecule has 0 amide bonds. The molecule has 2 heteroatoms. The third kappa shape index (κ3) is 2.31. The Morgan fingerprint density at radius 3 is 2.57 bits per heavy atom. The molecule has 1 fully saturated rings. The normalized spacial score (nSPS) is 28.1. The molecule has 0 radical (unpaired) electrons. The molecule has 1 nitrogen and oxygen atoms in total. The lowest BCUT2D eigenvalue weighted by Crippen LogP contribution is -2.21. The molecule has 0 aromatic heterocycles. The van der Waals surface area contributed by atoms with Gasteiger partial charge >= 0.3 is 0 Å². The standard InChI is InChI=1S/C12H17NS/c1-10-8-12(9-13(10)2)14-11-6-4-3-5-7-11/h3-7,10,12H,8-9H2,1-2H3. The monoisotopic (exact) mass is 207 g/mol. The Kier molecular flexibility index (Phi) is 3.14. The summed E-state index contributed by atoms with van der Waals surface area (Å²) >= 11 is 2.02. The number of nitrogens with zero attached hydrogens (tertiary/aromatic N) is 1. The zero-order valence-electron chi connectivity index (χ0n) is 8.81. The number of hydrogen-bond donors (Lipinski definition) is 0. The van der Waals surface area contributed by atoms with Crippen LogP contribution in [0.15, 0.2) is 35.2 Å². The second kappa shape index (κ2) is 4.37. The lowest BCUT2D eigenvalue weighted by atomic mass is 10.2. The summed E-state index contributed by atoms with van der Waals surface area (Å²) in [5.74, 6) is 0. The minimum atomic E-state index is 0.746.